The molecule has 74 valence electrons. The number of nitrogens with one attached hydrogen (secondary N) is 1. The van der Waals surface area contributed by atoms with E-state index in [-0.39, 0.29) is 11.4 Å². The summed E-state index contributed by atoms with van der Waals surface area (Å²) in [5, 5.41) is 1.73. The van der Waals surface area contributed by atoms with Crippen LogP contribution in [0.2, 0.25) is 0 Å². The SMILES string of the molecule is [2H]C([2H])([2H])c1cc2c(nc1N)[nH]c1ccccc12. The van der Waals surface area contributed by atoms with Gasteiger partial charge in [0.15, 0.2) is 0 Å². The van der Waals surface area contributed by atoms with E-state index in [1.54, 1.807) is 6.07 Å². The highest BCUT2D eigenvalue weighted by molar-refractivity contribution is 6.06. The molecule has 3 nitrogen and oxygen atoms in total. The maximum absolute atomic E-state index is 7.45. The number of pyridine rings is 1. The molecule has 0 amide bonds. The lowest BCUT2D eigenvalue weighted by molar-refractivity contribution is 1.31. The van der Waals surface area contributed by atoms with Crippen molar-refractivity contribution in [1.29, 1.82) is 0 Å². The van der Waals surface area contributed by atoms with Gasteiger partial charge in [-0.25, -0.2) is 4.98 Å². The molecule has 0 fully saturated rings. The van der Waals surface area contributed by atoms with E-state index < -0.39 is 6.85 Å². The summed E-state index contributed by atoms with van der Waals surface area (Å²) in [6, 6.07) is 9.26. The van der Waals surface area contributed by atoms with Crippen LogP contribution < -0.4 is 5.73 Å². The second-order valence-corrected chi connectivity index (χ2v) is 3.49. The van der Waals surface area contributed by atoms with E-state index in [0.717, 1.165) is 16.3 Å². The average molecular weight is 200 g/mol. The Morgan fingerprint density at radius 3 is 3.07 bits per heavy atom. The van der Waals surface area contributed by atoms with Crippen LogP contribution >= 0.6 is 0 Å². The molecule has 2 aromatic heterocycles. The first-order valence-electron chi connectivity index (χ1n) is 6.14. The Morgan fingerprint density at radius 2 is 2.20 bits per heavy atom. The fraction of sp³-hybridized carbons (Fsp3) is 0.0833. The van der Waals surface area contributed by atoms with Crippen molar-refractivity contribution in [1.82, 2.24) is 9.97 Å². The van der Waals surface area contributed by atoms with E-state index >= 15 is 0 Å². The number of hydrogen-bond donors (Lipinski definition) is 2. The highest BCUT2D eigenvalue weighted by Gasteiger charge is 2.06. The van der Waals surface area contributed by atoms with Crippen LogP contribution in [0.5, 0.6) is 0 Å². The number of benzene rings is 1. The summed E-state index contributed by atoms with van der Waals surface area (Å²) in [6.45, 7) is -2.25. The van der Waals surface area contributed by atoms with Gasteiger partial charge in [0.1, 0.15) is 11.5 Å². The van der Waals surface area contributed by atoms with Crippen LogP contribution in [0.25, 0.3) is 21.9 Å². The van der Waals surface area contributed by atoms with Crippen LogP contribution in [0.1, 0.15) is 9.68 Å². The molecular weight excluding hydrogens is 186 g/mol. The number of nitrogen functional groups attached to an aromatic ring is 1. The number of nitrogens with zero attached hydrogens (tertiary/aromatic N) is 1. The molecular formula is C12H11N3. The Morgan fingerprint density at radius 1 is 1.33 bits per heavy atom. The first-order valence-corrected chi connectivity index (χ1v) is 4.64. The van der Waals surface area contributed by atoms with Crippen molar-refractivity contribution in [2.24, 2.45) is 0 Å². The summed E-state index contributed by atoms with van der Waals surface area (Å²) in [7, 11) is 0. The molecule has 15 heavy (non-hydrogen) atoms. The van der Waals surface area contributed by atoms with Gasteiger partial charge in [0, 0.05) is 20.4 Å². The number of aromatic amines is 1. The molecule has 3 N–H and O–H groups in total. The zero-order valence-electron chi connectivity index (χ0n) is 10.9. The van der Waals surface area contributed by atoms with E-state index in [9.17, 15) is 0 Å². The maximum atomic E-state index is 7.45. The Bertz CT molecular complexity index is 743. The summed E-state index contributed by atoms with van der Waals surface area (Å²) in [5.41, 5.74) is 7.33. The average Bonchev–Trinajstić information content (AvgIpc) is 2.63. The van der Waals surface area contributed by atoms with Crippen molar-refractivity contribution in [3.05, 3.63) is 35.9 Å². The standard InChI is InChI=1S/C12H11N3/c1-7-6-9-8-4-2-3-5-10(8)14-12(9)15-11(7)13/h2-6H,1H3,(H3,13,14,15)/i1D3. The fourth-order valence-corrected chi connectivity index (χ4v) is 1.78. The topological polar surface area (TPSA) is 54.7 Å². The van der Waals surface area contributed by atoms with Crippen LogP contribution in [0.4, 0.5) is 5.82 Å². The molecule has 1 aromatic carbocycles. The number of aromatic nitrogens is 2. The summed E-state index contributed by atoms with van der Waals surface area (Å²) in [6.07, 6.45) is 0. The number of fused-ring (bicyclic) bond motifs is 3. The number of rotatable bonds is 0. The maximum Gasteiger partial charge on any atom is 0.140 e. The van der Waals surface area contributed by atoms with Crippen LogP contribution in [0.3, 0.4) is 0 Å². The van der Waals surface area contributed by atoms with Crippen LogP contribution in [0, 0.1) is 6.85 Å². The monoisotopic (exact) mass is 200 g/mol. The second-order valence-electron chi connectivity index (χ2n) is 3.49. The van der Waals surface area contributed by atoms with Crippen molar-refractivity contribution in [2.75, 3.05) is 5.73 Å². The Hall–Kier alpha value is -2.03. The van der Waals surface area contributed by atoms with Crippen molar-refractivity contribution >= 4 is 27.8 Å². The molecule has 0 spiro atoms. The van der Waals surface area contributed by atoms with Gasteiger partial charge in [-0.1, -0.05) is 18.2 Å². The summed E-state index contributed by atoms with van der Waals surface area (Å²) < 4.78 is 22.4. The van der Waals surface area contributed by atoms with E-state index in [4.69, 9.17) is 9.85 Å². The molecule has 0 saturated carbocycles. The van der Waals surface area contributed by atoms with Gasteiger partial charge >= 0.3 is 0 Å². The highest BCUT2D eigenvalue weighted by Crippen LogP contribution is 2.26. The molecule has 3 heteroatoms. The van der Waals surface area contributed by atoms with Crippen molar-refractivity contribution in [2.45, 2.75) is 6.85 Å². The molecule has 0 radical (unpaired) electrons. The smallest absolute Gasteiger partial charge is 0.140 e. The molecule has 0 saturated heterocycles. The molecule has 2 heterocycles. The van der Waals surface area contributed by atoms with Gasteiger partial charge in [0.05, 0.1) is 0 Å². The van der Waals surface area contributed by atoms with Crippen molar-refractivity contribution in [3.63, 3.8) is 0 Å². The number of nitrogens with two attached hydrogens (primary N) is 1. The minimum Gasteiger partial charge on any atom is -0.383 e. The van der Waals surface area contributed by atoms with Crippen molar-refractivity contribution < 1.29 is 4.11 Å². The molecule has 0 aliphatic heterocycles. The molecule has 0 atom stereocenters. The number of anilines is 1. The zero-order valence-corrected chi connectivity index (χ0v) is 7.91. The lowest BCUT2D eigenvalue weighted by Crippen LogP contribution is -1.93. The first-order chi connectivity index (χ1) is 8.47. The fourth-order valence-electron chi connectivity index (χ4n) is 1.78. The summed E-state index contributed by atoms with van der Waals surface area (Å²) in [4.78, 5) is 7.26. The van der Waals surface area contributed by atoms with E-state index in [1.807, 2.05) is 24.3 Å². The van der Waals surface area contributed by atoms with Gasteiger partial charge in [-0.15, -0.1) is 0 Å². The summed E-state index contributed by atoms with van der Waals surface area (Å²) in [5.74, 6) is 0.0501. The predicted molar refractivity (Wildman–Crippen MR) is 62.7 cm³/mol. The molecule has 0 bridgehead atoms. The molecule has 0 aliphatic rings. The summed E-state index contributed by atoms with van der Waals surface area (Å²) >= 11 is 0. The van der Waals surface area contributed by atoms with Crippen LogP contribution in [0.15, 0.2) is 30.3 Å². The molecule has 0 aliphatic carbocycles. The first kappa shape index (κ1) is 5.75. The van der Waals surface area contributed by atoms with Gasteiger partial charge in [-0.3, -0.25) is 0 Å². The lowest BCUT2D eigenvalue weighted by atomic mass is 10.1. The Kier molecular flexibility index (Phi) is 1.05. The number of H-pyrrole nitrogens is 1. The highest BCUT2D eigenvalue weighted by atomic mass is 14.9. The third-order valence-electron chi connectivity index (χ3n) is 2.52. The third-order valence-corrected chi connectivity index (χ3v) is 2.52. The number of hydrogen-bond acceptors (Lipinski definition) is 2. The minimum atomic E-state index is -2.25. The van der Waals surface area contributed by atoms with E-state index in [0.29, 0.717) is 5.65 Å². The lowest BCUT2D eigenvalue weighted by Gasteiger charge is -1.98. The zero-order chi connectivity index (χ0) is 12.9. The van der Waals surface area contributed by atoms with Crippen molar-refractivity contribution in [3.8, 4) is 0 Å². The minimum absolute atomic E-state index is 0.0501. The quantitative estimate of drug-likeness (QED) is 0.586. The third kappa shape index (κ3) is 1.09. The Balaban J connectivity index is 2.43. The normalized spacial score (nSPS) is 15.1. The van der Waals surface area contributed by atoms with Gasteiger partial charge in [-0.05, 0) is 24.5 Å². The molecule has 3 aromatic rings. The van der Waals surface area contributed by atoms with Gasteiger partial charge in [-0.2, -0.15) is 0 Å². The Labute approximate surface area is 91.1 Å². The predicted octanol–water partition coefficient (Wildman–Crippen LogP) is 2.61. The van der Waals surface area contributed by atoms with Gasteiger partial charge in [0.2, 0.25) is 0 Å². The number of aryl methyl sites for hydroxylation is 1. The molecule has 0 unspecified atom stereocenters. The van der Waals surface area contributed by atoms with Crippen LogP contribution in [-0.4, -0.2) is 9.97 Å². The largest absolute Gasteiger partial charge is 0.383 e. The van der Waals surface area contributed by atoms with Crippen LogP contribution in [-0.2, 0) is 0 Å². The van der Waals surface area contributed by atoms with Gasteiger partial charge < -0.3 is 10.7 Å². The van der Waals surface area contributed by atoms with E-state index in [2.05, 4.69) is 9.97 Å². The number of para-hydroxylation sites is 1. The second kappa shape index (κ2) is 2.73. The van der Waals surface area contributed by atoms with E-state index in [1.165, 1.54) is 0 Å². The molecule has 3 rings (SSSR count). The van der Waals surface area contributed by atoms with Gasteiger partial charge in [0.25, 0.3) is 0 Å².